The van der Waals surface area contributed by atoms with Crippen LogP contribution in [0.4, 0.5) is 0 Å². The first-order valence-corrected chi connectivity index (χ1v) is 12.3. The zero-order chi connectivity index (χ0) is 21.3. The van der Waals surface area contributed by atoms with E-state index >= 15 is 0 Å². The normalized spacial score (nSPS) is 34.2. The summed E-state index contributed by atoms with van der Waals surface area (Å²) in [5.41, 5.74) is 1.40. The smallest absolute Gasteiger partial charge is 0.0207 e. The van der Waals surface area contributed by atoms with E-state index in [9.17, 15) is 0 Å². The van der Waals surface area contributed by atoms with E-state index in [1.807, 2.05) is 0 Å². The molecular weight excluding hydrogens is 324 g/mol. The molecule has 0 aromatic heterocycles. The fraction of sp³-hybridized carbons (Fsp3) is 1.00. The summed E-state index contributed by atoms with van der Waals surface area (Å²) in [6.45, 7) is 30.7. The van der Waals surface area contributed by atoms with Gasteiger partial charge in [-0.05, 0) is 58.2 Å². The van der Waals surface area contributed by atoms with Gasteiger partial charge in [-0.15, -0.1) is 0 Å². The van der Waals surface area contributed by atoms with Gasteiger partial charge in [-0.2, -0.15) is 0 Å². The van der Waals surface area contributed by atoms with Crippen LogP contribution in [0.5, 0.6) is 0 Å². The molecule has 0 N–H and O–H groups in total. The van der Waals surface area contributed by atoms with E-state index in [1.54, 1.807) is 0 Å². The van der Waals surface area contributed by atoms with Gasteiger partial charge in [-0.1, -0.05) is 115 Å². The van der Waals surface area contributed by atoms with Crippen molar-refractivity contribution in [1.29, 1.82) is 0 Å². The largest absolute Gasteiger partial charge is 0.0654 e. The van der Waals surface area contributed by atoms with Crippen molar-refractivity contribution >= 4 is 0 Å². The van der Waals surface area contributed by atoms with Crippen molar-refractivity contribution in [1.82, 2.24) is 0 Å². The Morgan fingerprint density at radius 3 is 1.56 bits per heavy atom. The topological polar surface area (TPSA) is 0 Å². The van der Waals surface area contributed by atoms with Crippen molar-refractivity contribution in [2.75, 3.05) is 0 Å². The van der Waals surface area contributed by atoms with Gasteiger partial charge in [0.1, 0.15) is 0 Å². The fourth-order valence-corrected chi connectivity index (χ4v) is 7.82. The zero-order valence-electron chi connectivity index (χ0n) is 21.3. The molecule has 1 aliphatic rings. The van der Waals surface area contributed by atoms with Crippen molar-refractivity contribution in [3.8, 4) is 0 Å². The van der Waals surface area contributed by atoms with Crippen LogP contribution in [0.15, 0.2) is 0 Å². The van der Waals surface area contributed by atoms with E-state index in [0.717, 1.165) is 23.7 Å². The molecule has 0 heteroatoms. The summed E-state index contributed by atoms with van der Waals surface area (Å²) in [5, 5.41) is 0. The van der Waals surface area contributed by atoms with Crippen LogP contribution in [0, 0.1) is 45.3 Å². The van der Waals surface area contributed by atoms with Crippen LogP contribution in [0.25, 0.3) is 0 Å². The van der Waals surface area contributed by atoms with Gasteiger partial charge in [-0.25, -0.2) is 0 Å². The highest BCUT2D eigenvalue weighted by molar-refractivity contribution is 5.16. The zero-order valence-corrected chi connectivity index (χ0v) is 21.3. The van der Waals surface area contributed by atoms with E-state index in [1.165, 1.54) is 44.9 Å². The van der Waals surface area contributed by atoms with E-state index < -0.39 is 0 Å². The molecule has 5 unspecified atom stereocenters. The Hall–Kier alpha value is 0. The van der Waals surface area contributed by atoms with Crippen LogP contribution in [0.3, 0.4) is 0 Å². The average Bonchev–Trinajstić information content (AvgIpc) is 2.57. The standard InChI is InChI=1S/C27H54/c1-13-17-20(5)21(16-4)27(12)23(19-15-3)22(18-14-2)24(6,7)25(8,9)26(27,10)11/h20-23H,13-19H2,1-12H3. The summed E-state index contributed by atoms with van der Waals surface area (Å²) in [7, 11) is 0. The van der Waals surface area contributed by atoms with E-state index in [0.29, 0.717) is 21.7 Å². The van der Waals surface area contributed by atoms with E-state index in [2.05, 4.69) is 83.1 Å². The first-order chi connectivity index (χ1) is 12.3. The van der Waals surface area contributed by atoms with Crippen molar-refractivity contribution < 1.29 is 0 Å². The average molecular weight is 379 g/mol. The summed E-state index contributed by atoms with van der Waals surface area (Å²) in [5.74, 6) is 3.31. The van der Waals surface area contributed by atoms with Crippen LogP contribution in [0.1, 0.15) is 128 Å². The Morgan fingerprint density at radius 2 is 1.15 bits per heavy atom. The highest BCUT2D eigenvalue weighted by atomic mass is 14.7. The van der Waals surface area contributed by atoms with Crippen molar-refractivity contribution in [3.05, 3.63) is 0 Å². The van der Waals surface area contributed by atoms with E-state index in [-0.39, 0.29) is 0 Å². The lowest BCUT2D eigenvalue weighted by molar-refractivity contribution is -0.249. The van der Waals surface area contributed by atoms with Gasteiger partial charge in [0, 0.05) is 0 Å². The summed E-state index contributed by atoms with van der Waals surface area (Å²) >= 11 is 0. The molecule has 0 aromatic rings. The number of hydrogen-bond donors (Lipinski definition) is 0. The minimum atomic E-state index is 0.316. The van der Waals surface area contributed by atoms with Crippen LogP contribution in [-0.2, 0) is 0 Å². The van der Waals surface area contributed by atoms with Gasteiger partial charge >= 0.3 is 0 Å². The van der Waals surface area contributed by atoms with Crippen LogP contribution >= 0.6 is 0 Å². The third-order valence-corrected chi connectivity index (χ3v) is 10.5. The maximum absolute atomic E-state index is 2.73. The van der Waals surface area contributed by atoms with Crippen molar-refractivity contribution in [2.24, 2.45) is 45.3 Å². The molecule has 27 heavy (non-hydrogen) atoms. The minimum Gasteiger partial charge on any atom is -0.0654 e. The molecule has 5 atom stereocenters. The van der Waals surface area contributed by atoms with Crippen LogP contribution < -0.4 is 0 Å². The summed E-state index contributed by atoms with van der Waals surface area (Å²) in [4.78, 5) is 0. The highest BCUT2D eigenvalue weighted by Crippen LogP contribution is 2.74. The molecule has 0 saturated heterocycles. The maximum Gasteiger partial charge on any atom is -0.0207 e. The first-order valence-electron chi connectivity index (χ1n) is 12.3. The number of hydrogen-bond acceptors (Lipinski definition) is 0. The molecular formula is C27H54. The number of rotatable bonds is 9. The van der Waals surface area contributed by atoms with Crippen molar-refractivity contribution in [2.45, 2.75) is 128 Å². The molecule has 1 aliphatic carbocycles. The van der Waals surface area contributed by atoms with Crippen LogP contribution in [0.2, 0.25) is 0 Å². The molecule has 0 heterocycles. The van der Waals surface area contributed by atoms with Gasteiger partial charge in [-0.3, -0.25) is 0 Å². The molecule has 0 bridgehead atoms. The molecule has 0 aromatic carbocycles. The van der Waals surface area contributed by atoms with E-state index in [4.69, 9.17) is 0 Å². The Kier molecular flexibility index (Phi) is 8.15. The lowest BCUT2D eigenvalue weighted by atomic mass is 9.32. The molecule has 0 amide bonds. The molecule has 1 fully saturated rings. The molecule has 0 nitrogen and oxygen atoms in total. The monoisotopic (exact) mass is 378 g/mol. The third-order valence-electron chi connectivity index (χ3n) is 10.5. The lowest BCUT2D eigenvalue weighted by Gasteiger charge is -2.73. The van der Waals surface area contributed by atoms with Gasteiger partial charge in [0.15, 0.2) is 0 Å². The lowest BCUT2D eigenvalue weighted by Crippen LogP contribution is -2.67. The molecule has 0 spiro atoms. The maximum atomic E-state index is 2.73. The first kappa shape index (κ1) is 25.0. The van der Waals surface area contributed by atoms with Gasteiger partial charge in [0.2, 0.25) is 0 Å². The minimum absolute atomic E-state index is 0.316. The Bertz CT molecular complexity index is 455. The predicted octanol–water partition coefficient (Wildman–Crippen LogP) is 9.38. The summed E-state index contributed by atoms with van der Waals surface area (Å²) in [6.07, 6.45) is 9.47. The van der Waals surface area contributed by atoms with Gasteiger partial charge in [0.25, 0.3) is 0 Å². The van der Waals surface area contributed by atoms with Gasteiger partial charge < -0.3 is 0 Å². The molecule has 0 aliphatic heterocycles. The quantitative estimate of drug-likeness (QED) is 0.375. The third kappa shape index (κ3) is 3.66. The second kappa shape index (κ2) is 8.79. The molecule has 1 saturated carbocycles. The summed E-state index contributed by atoms with van der Waals surface area (Å²) in [6, 6.07) is 0. The second-order valence-corrected chi connectivity index (χ2v) is 11.8. The Morgan fingerprint density at radius 1 is 0.667 bits per heavy atom. The highest BCUT2D eigenvalue weighted by Gasteiger charge is 2.68. The van der Waals surface area contributed by atoms with Crippen molar-refractivity contribution in [3.63, 3.8) is 0 Å². The molecule has 1 rings (SSSR count). The van der Waals surface area contributed by atoms with Gasteiger partial charge in [0.05, 0.1) is 0 Å². The Labute approximate surface area is 173 Å². The predicted molar refractivity (Wildman–Crippen MR) is 124 cm³/mol. The molecule has 162 valence electrons. The second-order valence-electron chi connectivity index (χ2n) is 11.8. The SMILES string of the molecule is CCCC(C)C(CC)C1(C)C(CCC)C(CCC)C(C)(C)C(C)(C)C1(C)C. The molecule has 0 radical (unpaired) electrons. The Balaban J connectivity index is 3.72. The fourth-order valence-electron chi connectivity index (χ4n) is 7.82. The summed E-state index contributed by atoms with van der Waals surface area (Å²) < 4.78 is 0. The van der Waals surface area contributed by atoms with Crippen LogP contribution in [-0.4, -0.2) is 0 Å².